The topological polar surface area (TPSA) is 48.5 Å². The largest absolute Gasteiger partial charge is 0.324 e. The van der Waals surface area contributed by atoms with Crippen molar-refractivity contribution in [3.63, 3.8) is 0 Å². The van der Waals surface area contributed by atoms with Crippen molar-refractivity contribution < 1.29 is 4.79 Å². The lowest BCUT2D eigenvalue weighted by molar-refractivity contribution is 0.0315. The molecule has 2 aliphatic heterocycles. The van der Waals surface area contributed by atoms with E-state index in [1.807, 2.05) is 30.0 Å². The fraction of sp³-hybridized carbons (Fsp3) is 0.667. The normalized spacial score (nSPS) is 28.3. The standard InChI is InChI=1S/C18H26N4O/c1-13-4-2-6-17(19-13)20-18(23)21-11-9-16-14(12-21)5-3-10-22(16)15-7-8-15/h2,4,6,14-16H,3,5,7-12H2,1H3,(H,19,20,23)/t14-,16+/m1/s1. The van der Waals surface area contributed by atoms with Gasteiger partial charge in [0.25, 0.3) is 0 Å². The molecule has 23 heavy (non-hydrogen) atoms. The molecule has 3 heterocycles. The zero-order chi connectivity index (χ0) is 15.8. The number of carbonyl (C=O) groups is 1. The molecule has 0 bridgehead atoms. The van der Waals surface area contributed by atoms with Gasteiger partial charge in [-0.15, -0.1) is 0 Å². The second-order valence-corrected chi connectivity index (χ2v) is 7.27. The smallest absolute Gasteiger partial charge is 0.323 e. The van der Waals surface area contributed by atoms with Gasteiger partial charge in [0.1, 0.15) is 5.82 Å². The maximum absolute atomic E-state index is 12.5. The number of urea groups is 1. The Morgan fingerprint density at radius 3 is 2.87 bits per heavy atom. The van der Waals surface area contributed by atoms with E-state index in [9.17, 15) is 4.79 Å². The van der Waals surface area contributed by atoms with Crippen LogP contribution in [0.4, 0.5) is 10.6 Å². The Morgan fingerprint density at radius 2 is 2.09 bits per heavy atom. The molecule has 0 aromatic carbocycles. The first-order valence-corrected chi connectivity index (χ1v) is 8.96. The van der Waals surface area contributed by atoms with E-state index in [-0.39, 0.29) is 6.03 Å². The van der Waals surface area contributed by atoms with Crippen molar-refractivity contribution in [2.45, 2.75) is 51.1 Å². The number of amides is 2. The van der Waals surface area contributed by atoms with E-state index in [0.29, 0.717) is 17.8 Å². The summed E-state index contributed by atoms with van der Waals surface area (Å²) in [7, 11) is 0. The number of carbonyl (C=O) groups excluding carboxylic acids is 1. The van der Waals surface area contributed by atoms with Gasteiger partial charge in [-0.2, -0.15) is 0 Å². The van der Waals surface area contributed by atoms with Crippen LogP contribution in [0, 0.1) is 12.8 Å². The van der Waals surface area contributed by atoms with E-state index in [1.54, 1.807) is 0 Å². The summed E-state index contributed by atoms with van der Waals surface area (Å²) in [4.78, 5) is 21.6. The first-order valence-electron chi connectivity index (χ1n) is 8.96. The molecule has 5 nitrogen and oxygen atoms in total. The molecule has 0 radical (unpaired) electrons. The highest BCUT2D eigenvalue weighted by molar-refractivity contribution is 5.88. The van der Waals surface area contributed by atoms with E-state index in [2.05, 4.69) is 15.2 Å². The summed E-state index contributed by atoms with van der Waals surface area (Å²) in [5, 5.41) is 2.96. The van der Waals surface area contributed by atoms with Crippen molar-refractivity contribution in [2.75, 3.05) is 25.0 Å². The third-order valence-electron chi connectivity index (χ3n) is 5.54. The maximum Gasteiger partial charge on any atom is 0.323 e. The molecule has 2 atom stereocenters. The Kier molecular flexibility index (Phi) is 3.97. The number of hydrogen-bond donors (Lipinski definition) is 1. The highest BCUT2D eigenvalue weighted by Gasteiger charge is 2.42. The number of aromatic nitrogens is 1. The number of nitrogens with one attached hydrogen (secondary N) is 1. The molecule has 0 unspecified atom stereocenters. The van der Waals surface area contributed by atoms with Gasteiger partial charge in [-0.3, -0.25) is 10.2 Å². The fourth-order valence-electron chi connectivity index (χ4n) is 4.29. The molecule has 3 aliphatic rings. The zero-order valence-electron chi connectivity index (χ0n) is 13.9. The Bertz CT molecular complexity index is 586. The molecule has 0 spiro atoms. The minimum Gasteiger partial charge on any atom is -0.324 e. The van der Waals surface area contributed by atoms with E-state index >= 15 is 0 Å². The number of fused-ring (bicyclic) bond motifs is 1. The number of aryl methyl sites for hydroxylation is 1. The first kappa shape index (κ1) is 14.9. The summed E-state index contributed by atoms with van der Waals surface area (Å²) >= 11 is 0. The summed E-state index contributed by atoms with van der Waals surface area (Å²) in [5.74, 6) is 1.30. The second kappa shape index (κ2) is 6.11. The van der Waals surface area contributed by atoms with Crippen molar-refractivity contribution in [3.8, 4) is 0 Å². The molecule has 1 aromatic heterocycles. The van der Waals surface area contributed by atoms with E-state index < -0.39 is 0 Å². The minimum atomic E-state index is 0.00472. The van der Waals surface area contributed by atoms with Crippen LogP contribution in [0.15, 0.2) is 18.2 Å². The SMILES string of the molecule is Cc1cccc(NC(=O)N2CC[C@H]3[C@H](CCCN3C3CC3)C2)n1. The summed E-state index contributed by atoms with van der Waals surface area (Å²) in [6, 6.07) is 7.28. The number of rotatable bonds is 2. The summed E-state index contributed by atoms with van der Waals surface area (Å²) < 4.78 is 0. The number of hydrogen-bond acceptors (Lipinski definition) is 3. The average molecular weight is 314 g/mol. The molecule has 2 amide bonds. The number of piperidine rings is 2. The molecular formula is C18H26N4O. The Balaban J connectivity index is 1.38. The van der Waals surface area contributed by atoms with E-state index in [0.717, 1.165) is 31.2 Å². The van der Waals surface area contributed by atoms with Crippen LogP contribution in [0.1, 0.15) is 37.8 Å². The van der Waals surface area contributed by atoms with Crippen LogP contribution in [0.2, 0.25) is 0 Å². The lowest BCUT2D eigenvalue weighted by Gasteiger charge is -2.47. The number of likely N-dealkylation sites (tertiary alicyclic amines) is 2. The van der Waals surface area contributed by atoms with Crippen LogP contribution in [0.5, 0.6) is 0 Å². The van der Waals surface area contributed by atoms with Crippen LogP contribution >= 0.6 is 0 Å². The maximum atomic E-state index is 12.5. The van der Waals surface area contributed by atoms with Crippen LogP contribution in [-0.2, 0) is 0 Å². The number of anilines is 1. The molecule has 2 saturated heterocycles. The molecule has 1 N–H and O–H groups in total. The fourth-order valence-corrected chi connectivity index (χ4v) is 4.29. The molecule has 4 rings (SSSR count). The predicted molar refractivity (Wildman–Crippen MR) is 90.4 cm³/mol. The van der Waals surface area contributed by atoms with Crippen molar-refractivity contribution >= 4 is 11.8 Å². The average Bonchev–Trinajstić information content (AvgIpc) is 3.38. The third kappa shape index (κ3) is 3.20. The molecule has 1 aromatic rings. The minimum absolute atomic E-state index is 0.00472. The lowest BCUT2D eigenvalue weighted by Crippen LogP contribution is -2.56. The summed E-state index contributed by atoms with van der Waals surface area (Å²) in [6.45, 7) is 4.97. The molecule has 3 fully saturated rings. The van der Waals surface area contributed by atoms with Gasteiger partial charge in [-0.05, 0) is 63.6 Å². The number of pyridine rings is 1. The quantitative estimate of drug-likeness (QED) is 0.913. The molecule has 5 heteroatoms. The van der Waals surface area contributed by atoms with Crippen molar-refractivity contribution in [3.05, 3.63) is 23.9 Å². The highest BCUT2D eigenvalue weighted by atomic mass is 16.2. The Hall–Kier alpha value is -1.62. The second-order valence-electron chi connectivity index (χ2n) is 7.27. The van der Waals surface area contributed by atoms with Crippen LogP contribution in [0.25, 0.3) is 0 Å². The highest BCUT2D eigenvalue weighted by Crippen LogP contribution is 2.38. The van der Waals surface area contributed by atoms with Crippen molar-refractivity contribution in [2.24, 2.45) is 5.92 Å². The van der Waals surface area contributed by atoms with Gasteiger partial charge >= 0.3 is 6.03 Å². The molecule has 1 saturated carbocycles. The van der Waals surface area contributed by atoms with Gasteiger partial charge in [-0.25, -0.2) is 9.78 Å². The third-order valence-corrected chi connectivity index (χ3v) is 5.54. The Morgan fingerprint density at radius 1 is 1.22 bits per heavy atom. The van der Waals surface area contributed by atoms with Gasteiger partial charge in [0, 0.05) is 30.9 Å². The molecule has 124 valence electrons. The van der Waals surface area contributed by atoms with Crippen LogP contribution in [0.3, 0.4) is 0 Å². The summed E-state index contributed by atoms with van der Waals surface area (Å²) in [6.07, 6.45) is 6.43. The van der Waals surface area contributed by atoms with E-state index in [1.165, 1.54) is 32.2 Å². The monoisotopic (exact) mass is 314 g/mol. The molecule has 1 aliphatic carbocycles. The molecular weight excluding hydrogens is 288 g/mol. The first-order chi connectivity index (χ1) is 11.2. The van der Waals surface area contributed by atoms with Gasteiger partial charge in [0.05, 0.1) is 0 Å². The van der Waals surface area contributed by atoms with Gasteiger partial charge in [0.2, 0.25) is 0 Å². The summed E-state index contributed by atoms with van der Waals surface area (Å²) in [5.41, 5.74) is 0.925. The van der Waals surface area contributed by atoms with Crippen molar-refractivity contribution in [1.82, 2.24) is 14.8 Å². The van der Waals surface area contributed by atoms with Crippen LogP contribution in [-0.4, -0.2) is 52.5 Å². The lowest BCUT2D eigenvalue weighted by atomic mass is 9.84. The van der Waals surface area contributed by atoms with Gasteiger partial charge in [-0.1, -0.05) is 6.07 Å². The van der Waals surface area contributed by atoms with Gasteiger partial charge < -0.3 is 4.90 Å². The number of nitrogens with zero attached hydrogens (tertiary/aromatic N) is 3. The predicted octanol–water partition coefficient (Wildman–Crippen LogP) is 2.87. The van der Waals surface area contributed by atoms with Crippen LogP contribution < -0.4 is 5.32 Å². The van der Waals surface area contributed by atoms with E-state index in [4.69, 9.17) is 0 Å². The zero-order valence-corrected chi connectivity index (χ0v) is 13.9. The Labute approximate surface area is 138 Å². The van der Waals surface area contributed by atoms with Gasteiger partial charge in [0.15, 0.2) is 0 Å². The van der Waals surface area contributed by atoms with Crippen molar-refractivity contribution in [1.29, 1.82) is 0 Å².